The van der Waals surface area contributed by atoms with Crippen LogP contribution < -0.4 is 4.90 Å². The minimum Gasteiger partial charge on any atom is -0.341 e. The molecule has 0 radical (unpaired) electrons. The molecule has 5 rings (SSSR count). The van der Waals surface area contributed by atoms with Gasteiger partial charge in [-0.05, 0) is 63.4 Å². The Hall–Kier alpha value is -3.02. The number of aryl methyl sites for hydroxylation is 1. The zero-order valence-electron chi connectivity index (χ0n) is 19.2. The molecule has 0 aliphatic carbocycles. The Bertz CT molecular complexity index is 1220. The van der Waals surface area contributed by atoms with E-state index in [9.17, 15) is 5.26 Å². The van der Waals surface area contributed by atoms with Gasteiger partial charge in [-0.2, -0.15) is 5.26 Å². The monoisotopic (exact) mass is 462 g/mol. The maximum absolute atomic E-state index is 9.76. The zero-order valence-corrected chi connectivity index (χ0v) is 19.9. The van der Waals surface area contributed by atoms with Crippen molar-refractivity contribution in [2.45, 2.75) is 58.2 Å². The molecule has 0 unspecified atom stereocenters. The van der Waals surface area contributed by atoms with Gasteiger partial charge in [-0.3, -0.25) is 9.47 Å². The molecule has 170 valence electrons. The minimum absolute atomic E-state index is 0.284. The van der Waals surface area contributed by atoms with Gasteiger partial charge in [-0.25, -0.2) is 9.97 Å². The summed E-state index contributed by atoms with van der Waals surface area (Å²) in [5.74, 6) is 2.92. The topological polar surface area (TPSA) is 86.8 Å². The van der Waals surface area contributed by atoms with E-state index in [1.54, 1.807) is 0 Å². The largest absolute Gasteiger partial charge is 0.341 e. The van der Waals surface area contributed by atoms with Crippen LogP contribution in [0, 0.1) is 18.3 Å². The Kier molecular flexibility index (Phi) is 5.55. The number of nitriles is 1. The molecule has 2 aromatic heterocycles. The molecule has 0 N–H and O–H groups in total. The summed E-state index contributed by atoms with van der Waals surface area (Å²) in [5, 5.41) is 19.7. The lowest BCUT2D eigenvalue weighted by molar-refractivity contribution is 0.147. The summed E-state index contributed by atoms with van der Waals surface area (Å²) in [5.41, 5.74) is 2.47. The summed E-state index contributed by atoms with van der Waals surface area (Å²) in [6.45, 7) is 8.79. The molecule has 0 atom stereocenters. The molecular weight excluding hydrogens is 436 g/mol. The van der Waals surface area contributed by atoms with Crippen LogP contribution >= 0.6 is 11.6 Å². The van der Waals surface area contributed by atoms with E-state index in [2.05, 4.69) is 40.6 Å². The number of rotatable bonds is 3. The van der Waals surface area contributed by atoms with Gasteiger partial charge >= 0.3 is 0 Å². The third-order valence-electron chi connectivity index (χ3n) is 6.72. The number of benzene rings is 1. The zero-order chi connectivity index (χ0) is 23.2. The third kappa shape index (κ3) is 4.07. The van der Waals surface area contributed by atoms with Gasteiger partial charge in [-0.15, -0.1) is 10.2 Å². The number of anilines is 1. The maximum atomic E-state index is 9.76. The van der Waals surface area contributed by atoms with Crippen molar-refractivity contribution in [3.05, 3.63) is 58.4 Å². The Morgan fingerprint density at radius 1 is 1.12 bits per heavy atom. The SMILES string of the molecule is Cc1ccnc(N2CCC(c3nnc4n3-c3ccc(Cl)cc3CN(C(C)(C)C#N)C4)CC2)n1. The van der Waals surface area contributed by atoms with Gasteiger partial charge in [0.15, 0.2) is 5.82 Å². The standard InChI is InChI=1S/C24H27ClN8/c1-16-6-9-27-23(28-16)31-10-7-17(8-11-31)22-30-29-21-14-32(24(2,3)15-26)13-18-12-19(25)4-5-20(18)33(21)22/h4-6,9,12,17H,7-8,10-11,13-14H2,1-3H3. The first-order valence-corrected chi connectivity index (χ1v) is 11.7. The number of piperidine rings is 1. The van der Waals surface area contributed by atoms with E-state index >= 15 is 0 Å². The second kappa shape index (κ2) is 8.40. The summed E-state index contributed by atoms with van der Waals surface area (Å²) in [4.78, 5) is 13.4. The second-order valence-electron chi connectivity index (χ2n) is 9.37. The summed E-state index contributed by atoms with van der Waals surface area (Å²) in [6.07, 6.45) is 3.72. The van der Waals surface area contributed by atoms with E-state index in [1.807, 2.05) is 51.2 Å². The van der Waals surface area contributed by atoms with Gasteiger partial charge in [0.05, 0.1) is 18.3 Å². The fourth-order valence-corrected chi connectivity index (χ4v) is 4.88. The Morgan fingerprint density at radius 2 is 1.91 bits per heavy atom. The predicted molar refractivity (Wildman–Crippen MR) is 126 cm³/mol. The molecule has 0 bridgehead atoms. The van der Waals surface area contributed by atoms with E-state index in [0.717, 1.165) is 60.5 Å². The molecule has 8 nitrogen and oxygen atoms in total. The number of halogens is 1. The summed E-state index contributed by atoms with van der Waals surface area (Å²) < 4.78 is 2.20. The number of hydrogen-bond acceptors (Lipinski definition) is 7. The highest BCUT2D eigenvalue weighted by Crippen LogP contribution is 2.35. The van der Waals surface area contributed by atoms with E-state index < -0.39 is 5.54 Å². The van der Waals surface area contributed by atoms with Gasteiger partial charge in [0.1, 0.15) is 11.4 Å². The van der Waals surface area contributed by atoms with Crippen molar-refractivity contribution in [2.75, 3.05) is 18.0 Å². The Morgan fingerprint density at radius 3 is 2.64 bits per heavy atom. The molecule has 9 heteroatoms. The highest BCUT2D eigenvalue weighted by molar-refractivity contribution is 6.30. The molecule has 3 aromatic rings. The van der Waals surface area contributed by atoms with Crippen molar-refractivity contribution < 1.29 is 0 Å². The Balaban J connectivity index is 1.47. The quantitative estimate of drug-likeness (QED) is 0.580. The first-order valence-electron chi connectivity index (χ1n) is 11.3. The van der Waals surface area contributed by atoms with Crippen LogP contribution in [0.5, 0.6) is 0 Å². The van der Waals surface area contributed by atoms with E-state index in [4.69, 9.17) is 11.6 Å². The van der Waals surface area contributed by atoms with Crippen LogP contribution in [0.15, 0.2) is 30.5 Å². The molecule has 33 heavy (non-hydrogen) atoms. The summed E-state index contributed by atoms with van der Waals surface area (Å²) in [6, 6.07) is 10.3. The van der Waals surface area contributed by atoms with Gasteiger partial charge in [0.2, 0.25) is 5.95 Å². The molecular formula is C24H27ClN8. The second-order valence-corrected chi connectivity index (χ2v) is 9.81. The van der Waals surface area contributed by atoms with Gasteiger partial charge in [0.25, 0.3) is 0 Å². The highest BCUT2D eigenvalue weighted by Gasteiger charge is 2.34. The molecule has 4 heterocycles. The number of nitrogens with zero attached hydrogens (tertiary/aromatic N) is 8. The number of hydrogen-bond donors (Lipinski definition) is 0. The van der Waals surface area contributed by atoms with E-state index in [1.165, 1.54) is 0 Å². The first-order chi connectivity index (χ1) is 15.9. The van der Waals surface area contributed by atoms with Crippen molar-refractivity contribution in [3.8, 4) is 11.8 Å². The summed E-state index contributed by atoms with van der Waals surface area (Å²) >= 11 is 6.36. The third-order valence-corrected chi connectivity index (χ3v) is 6.96. The molecule has 1 aromatic carbocycles. The van der Waals surface area contributed by atoms with Gasteiger partial charge in [0, 0.05) is 42.5 Å². The van der Waals surface area contributed by atoms with Crippen molar-refractivity contribution in [1.82, 2.24) is 29.6 Å². The van der Waals surface area contributed by atoms with Gasteiger partial charge < -0.3 is 4.90 Å². The van der Waals surface area contributed by atoms with Crippen molar-refractivity contribution in [1.29, 1.82) is 5.26 Å². The Labute approximate surface area is 198 Å². The van der Waals surface area contributed by atoms with Crippen molar-refractivity contribution >= 4 is 17.5 Å². The fraction of sp³-hybridized carbons (Fsp3) is 0.458. The van der Waals surface area contributed by atoms with Crippen LogP contribution in [0.1, 0.15) is 55.5 Å². The molecule has 1 saturated heterocycles. The maximum Gasteiger partial charge on any atom is 0.225 e. The van der Waals surface area contributed by atoms with Crippen LogP contribution in [0.4, 0.5) is 5.95 Å². The van der Waals surface area contributed by atoms with Crippen LogP contribution in [-0.2, 0) is 13.1 Å². The first kappa shape index (κ1) is 21.8. The van der Waals surface area contributed by atoms with Crippen LogP contribution in [0.2, 0.25) is 5.02 Å². The molecule has 0 spiro atoms. The molecule has 0 saturated carbocycles. The fourth-order valence-electron chi connectivity index (χ4n) is 4.68. The predicted octanol–water partition coefficient (Wildman–Crippen LogP) is 4.02. The summed E-state index contributed by atoms with van der Waals surface area (Å²) in [7, 11) is 0. The number of fused-ring (bicyclic) bond motifs is 3. The lowest BCUT2D eigenvalue weighted by Crippen LogP contribution is -2.41. The molecule has 0 amide bonds. The lowest BCUT2D eigenvalue weighted by atomic mass is 9.95. The van der Waals surface area contributed by atoms with Crippen molar-refractivity contribution in [3.63, 3.8) is 0 Å². The normalized spacial score (nSPS) is 17.2. The van der Waals surface area contributed by atoms with Crippen molar-refractivity contribution in [2.24, 2.45) is 0 Å². The van der Waals surface area contributed by atoms with Crippen LogP contribution in [0.25, 0.3) is 5.69 Å². The highest BCUT2D eigenvalue weighted by atomic mass is 35.5. The van der Waals surface area contributed by atoms with Gasteiger partial charge in [-0.1, -0.05) is 11.6 Å². The lowest BCUT2D eigenvalue weighted by Gasteiger charge is -2.31. The van der Waals surface area contributed by atoms with Crippen LogP contribution in [0.3, 0.4) is 0 Å². The van der Waals surface area contributed by atoms with E-state index in [0.29, 0.717) is 18.1 Å². The van der Waals surface area contributed by atoms with E-state index in [-0.39, 0.29) is 5.92 Å². The molecule has 2 aliphatic heterocycles. The smallest absolute Gasteiger partial charge is 0.225 e. The average molecular weight is 463 g/mol. The number of aromatic nitrogens is 5. The average Bonchev–Trinajstić information content (AvgIpc) is 3.14. The molecule has 2 aliphatic rings. The minimum atomic E-state index is -0.639. The van der Waals surface area contributed by atoms with Crippen LogP contribution in [-0.4, -0.2) is 48.3 Å². The molecule has 1 fully saturated rings.